The SMILES string of the molecule is CN(C)CCNS(=O)(=O)c1ccc(Nc2cccc3ccccc23)c([N+](=O)[O-])c1. The molecule has 0 amide bonds. The minimum atomic E-state index is -3.85. The first kappa shape index (κ1) is 20.7. The van der Waals surface area contributed by atoms with E-state index in [0.29, 0.717) is 12.2 Å². The Balaban J connectivity index is 1.93. The average Bonchev–Trinajstić information content (AvgIpc) is 2.68. The number of nitro benzene ring substituents is 1. The molecule has 0 unspecified atom stereocenters. The number of hydrogen-bond acceptors (Lipinski definition) is 6. The van der Waals surface area contributed by atoms with Crippen LogP contribution in [0, 0.1) is 10.1 Å². The van der Waals surface area contributed by atoms with E-state index in [2.05, 4.69) is 10.0 Å². The lowest BCUT2D eigenvalue weighted by Gasteiger charge is -2.13. The zero-order valence-corrected chi connectivity index (χ0v) is 16.9. The van der Waals surface area contributed by atoms with Crippen LogP contribution in [0.15, 0.2) is 65.6 Å². The molecule has 2 N–H and O–H groups in total. The third-order valence-electron chi connectivity index (χ3n) is 4.39. The lowest BCUT2D eigenvalue weighted by Crippen LogP contribution is -2.31. The Labute approximate surface area is 169 Å². The van der Waals surface area contributed by atoms with Crippen LogP contribution in [0.5, 0.6) is 0 Å². The van der Waals surface area contributed by atoms with Crippen LogP contribution in [-0.2, 0) is 10.0 Å². The zero-order chi connectivity index (χ0) is 21.0. The van der Waals surface area contributed by atoms with E-state index in [-0.39, 0.29) is 22.8 Å². The van der Waals surface area contributed by atoms with E-state index in [0.717, 1.165) is 16.8 Å². The molecule has 29 heavy (non-hydrogen) atoms. The molecule has 3 aromatic rings. The Hall–Kier alpha value is -3.01. The maximum absolute atomic E-state index is 12.5. The van der Waals surface area contributed by atoms with E-state index >= 15 is 0 Å². The van der Waals surface area contributed by atoms with E-state index in [1.807, 2.05) is 61.5 Å². The number of nitrogens with zero attached hydrogens (tertiary/aromatic N) is 2. The standard InChI is InChI=1S/C20H22N4O4S/c1-23(2)13-12-21-29(27,28)16-10-11-19(20(14-16)24(25)26)22-18-9-5-7-15-6-3-4-8-17(15)18/h3-11,14,21-22H,12-13H2,1-2H3. The number of benzene rings is 3. The summed E-state index contributed by atoms with van der Waals surface area (Å²) in [6.45, 7) is 0.723. The van der Waals surface area contributed by atoms with Gasteiger partial charge in [-0.2, -0.15) is 0 Å². The Morgan fingerprint density at radius 1 is 1.00 bits per heavy atom. The van der Waals surface area contributed by atoms with Gasteiger partial charge in [-0.05, 0) is 37.7 Å². The first-order valence-electron chi connectivity index (χ1n) is 8.95. The molecule has 0 aliphatic carbocycles. The van der Waals surface area contributed by atoms with Crippen LogP contribution >= 0.6 is 0 Å². The highest BCUT2D eigenvalue weighted by Crippen LogP contribution is 2.33. The number of nitrogens with one attached hydrogen (secondary N) is 2. The Bertz CT molecular complexity index is 1140. The second-order valence-corrected chi connectivity index (χ2v) is 8.56. The van der Waals surface area contributed by atoms with Crippen molar-refractivity contribution in [3.8, 4) is 0 Å². The molecule has 0 aromatic heterocycles. The third-order valence-corrected chi connectivity index (χ3v) is 5.84. The summed E-state index contributed by atoms with van der Waals surface area (Å²) in [4.78, 5) is 12.7. The van der Waals surface area contributed by atoms with Gasteiger partial charge in [0.05, 0.1) is 9.82 Å². The van der Waals surface area contributed by atoms with Crippen LogP contribution in [-0.4, -0.2) is 45.4 Å². The smallest absolute Gasteiger partial charge is 0.294 e. The van der Waals surface area contributed by atoms with E-state index < -0.39 is 14.9 Å². The summed E-state index contributed by atoms with van der Waals surface area (Å²) in [5.74, 6) is 0. The van der Waals surface area contributed by atoms with Crippen molar-refractivity contribution >= 4 is 37.9 Å². The number of likely N-dealkylation sites (N-methyl/N-ethyl adjacent to an activating group) is 1. The molecule has 0 radical (unpaired) electrons. The first-order valence-corrected chi connectivity index (χ1v) is 10.4. The maximum Gasteiger partial charge on any atom is 0.294 e. The van der Waals surface area contributed by atoms with Crippen LogP contribution in [0.2, 0.25) is 0 Å². The molecule has 9 heteroatoms. The monoisotopic (exact) mass is 414 g/mol. The lowest BCUT2D eigenvalue weighted by atomic mass is 10.1. The van der Waals surface area contributed by atoms with Gasteiger partial charge in [-0.1, -0.05) is 36.4 Å². The largest absolute Gasteiger partial charge is 0.349 e. The first-order chi connectivity index (χ1) is 13.8. The molecule has 0 fully saturated rings. The molecule has 0 atom stereocenters. The number of sulfonamides is 1. The van der Waals surface area contributed by atoms with Crippen LogP contribution < -0.4 is 10.0 Å². The summed E-state index contributed by atoms with van der Waals surface area (Å²) >= 11 is 0. The van der Waals surface area contributed by atoms with Crippen molar-refractivity contribution in [2.24, 2.45) is 0 Å². The van der Waals surface area contributed by atoms with Crippen molar-refractivity contribution in [2.45, 2.75) is 4.90 Å². The molecule has 0 heterocycles. The summed E-state index contributed by atoms with van der Waals surface area (Å²) < 4.78 is 27.4. The molecule has 3 aromatic carbocycles. The Kier molecular flexibility index (Phi) is 6.12. The van der Waals surface area contributed by atoms with Gasteiger partial charge in [0.2, 0.25) is 10.0 Å². The van der Waals surface area contributed by atoms with Crippen molar-refractivity contribution in [1.29, 1.82) is 0 Å². The third kappa shape index (κ3) is 4.89. The quantitative estimate of drug-likeness (QED) is 0.433. The molecule has 0 saturated carbocycles. The second-order valence-electron chi connectivity index (χ2n) is 6.79. The van der Waals surface area contributed by atoms with Gasteiger partial charge >= 0.3 is 0 Å². The van der Waals surface area contributed by atoms with Gasteiger partial charge in [0.15, 0.2) is 0 Å². The van der Waals surface area contributed by atoms with E-state index in [1.165, 1.54) is 12.1 Å². The predicted octanol–water partition coefficient (Wildman–Crippen LogP) is 3.33. The van der Waals surface area contributed by atoms with Gasteiger partial charge in [-0.15, -0.1) is 0 Å². The normalized spacial score (nSPS) is 11.7. The number of fused-ring (bicyclic) bond motifs is 1. The number of hydrogen-bond donors (Lipinski definition) is 2. The van der Waals surface area contributed by atoms with Crippen molar-refractivity contribution < 1.29 is 13.3 Å². The molecule has 0 aliphatic heterocycles. The molecule has 152 valence electrons. The minimum Gasteiger partial charge on any atom is -0.349 e. The lowest BCUT2D eigenvalue weighted by molar-refractivity contribution is -0.384. The van der Waals surface area contributed by atoms with Crippen molar-refractivity contribution in [3.05, 3.63) is 70.8 Å². The molecule has 8 nitrogen and oxygen atoms in total. The van der Waals surface area contributed by atoms with E-state index in [1.54, 1.807) is 0 Å². The molecule has 0 spiro atoms. The predicted molar refractivity (Wildman–Crippen MR) is 114 cm³/mol. The summed E-state index contributed by atoms with van der Waals surface area (Å²) in [6.07, 6.45) is 0. The fraction of sp³-hybridized carbons (Fsp3) is 0.200. The molecule has 0 bridgehead atoms. The van der Waals surface area contributed by atoms with Crippen LogP contribution in [0.3, 0.4) is 0 Å². The molecular weight excluding hydrogens is 392 g/mol. The fourth-order valence-corrected chi connectivity index (χ4v) is 3.94. The zero-order valence-electron chi connectivity index (χ0n) is 16.1. The Morgan fingerprint density at radius 2 is 1.72 bits per heavy atom. The van der Waals surface area contributed by atoms with Gasteiger partial charge < -0.3 is 10.2 Å². The number of rotatable bonds is 8. The van der Waals surface area contributed by atoms with Gasteiger partial charge in [-0.3, -0.25) is 10.1 Å². The van der Waals surface area contributed by atoms with Gasteiger partial charge in [0, 0.05) is 30.2 Å². The maximum atomic E-state index is 12.5. The van der Waals surface area contributed by atoms with Gasteiger partial charge in [-0.25, -0.2) is 13.1 Å². The highest BCUT2D eigenvalue weighted by atomic mass is 32.2. The Morgan fingerprint density at radius 3 is 2.45 bits per heavy atom. The van der Waals surface area contributed by atoms with Crippen molar-refractivity contribution in [1.82, 2.24) is 9.62 Å². The topological polar surface area (TPSA) is 105 Å². The summed E-state index contributed by atoms with van der Waals surface area (Å²) in [5.41, 5.74) is 0.609. The summed E-state index contributed by atoms with van der Waals surface area (Å²) in [7, 11) is -0.193. The van der Waals surface area contributed by atoms with Gasteiger partial charge in [0.25, 0.3) is 5.69 Å². The molecular formula is C20H22N4O4S. The molecule has 3 rings (SSSR count). The molecule has 0 saturated heterocycles. The van der Waals surface area contributed by atoms with Crippen molar-refractivity contribution in [2.75, 3.05) is 32.5 Å². The number of nitro groups is 1. The van der Waals surface area contributed by atoms with Crippen LogP contribution in [0.25, 0.3) is 10.8 Å². The number of anilines is 2. The highest BCUT2D eigenvalue weighted by molar-refractivity contribution is 7.89. The summed E-state index contributed by atoms with van der Waals surface area (Å²) in [6, 6.07) is 17.1. The fourth-order valence-electron chi connectivity index (χ4n) is 2.90. The average molecular weight is 414 g/mol. The van der Waals surface area contributed by atoms with Gasteiger partial charge in [0.1, 0.15) is 5.69 Å². The highest BCUT2D eigenvalue weighted by Gasteiger charge is 2.21. The molecule has 0 aliphatic rings. The summed E-state index contributed by atoms with van der Waals surface area (Å²) in [5, 5.41) is 16.6. The van der Waals surface area contributed by atoms with E-state index in [4.69, 9.17) is 0 Å². The second kappa shape index (κ2) is 8.56. The van der Waals surface area contributed by atoms with Crippen molar-refractivity contribution in [3.63, 3.8) is 0 Å². The minimum absolute atomic E-state index is 0.147. The van der Waals surface area contributed by atoms with Crippen LogP contribution in [0.1, 0.15) is 0 Å². The van der Waals surface area contributed by atoms with Crippen LogP contribution in [0.4, 0.5) is 17.1 Å². The van der Waals surface area contributed by atoms with E-state index in [9.17, 15) is 18.5 Å².